The first-order chi connectivity index (χ1) is 7.16. The molecule has 2 aromatic rings. The number of hydrogen-bond acceptors (Lipinski definition) is 5. The van der Waals surface area contributed by atoms with Gasteiger partial charge in [0, 0.05) is 6.07 Å². The SMILES string of the molecule is NC(=O)CNc1cc(Cl)nc2ncnn12. The maximum atomic E-state index is 10.6. The highest BCUT2D eigenvalue weighted by molar-refractivity contribution is 6.29. The Morgan fingerprint density at radius 3 is 3.20 bits per heavy atom. The molecule has 0 saturated carbocycles. The monoisotopic (exact) mass is 226 g/mol. The highest BCUT2D eigenvalue weighted by Crippen LogP contribution is 2.13. The molecule has 0 atom stereocenters. The van der Waals surface area contributed by atoms with Gasteiger partial charge in [-0.05, 0) is 0 Å². The van der Waals surface area contributed by atoms with E-state index in [4.69, 9.17) is 17.3 Å². The number of nitrogens with two attached hydrogens (primary N) is 1. The van der Waals surface area contributed by atoms with Crippen LogP contribution in [0.25, 0.3) is 5.78 Å². The fourth-order valence-electron chi connectivity index (χ4n) is 1.09. The molecule has 0 radical (unpaired) electrons. The van der Waals surface area contributed by atoms with Gasteiger partial charge >= 0.3 is 0 Å². The number of rotatable bonds is 3. The third-order valence-corrected chi connectivity index (χ3v) is 1.86. The Morgan fingerprint density at radius 2 is 2.47 bits per heavy atom. The van der Waals surface area contributed by atoms with Gasteiger partial charge in [0.2, 0.25) is 5.91 Å². The molecule has 3 N–H and O–H groups in total. The number of anilines is 1. The minimum atomic E-state index is -0.476. The fourth-order valence-corrected chi connectivity index (χ4v) is 1.27. The van der Waals surface area contributed by atoms with Gasteiger partial charge in [-0.25, -0.2) is 0 Å². The van der Waals surface area contributed by atoms with E-state index in [0.29, 0.717) is 11.6 Å². The number of nitrogens with zero attached hydrogens (tertiary/aromatic N) is 4. The molecule has 1 amide bonds. The summed E-state index contributed by atoms with van der Waals surface area (Å²) in [6.07, 6.45) is 1.34. The second kappa shape index (κ2) is 3.70. The fraction of sp³-hybridized carbons (Fsp3) is 0.143. The Labute approximate surface area is 89.3 Å². The zero-order chi connectivity index (χ0) is 10.8. The van der Waals surface area contributed by atoms with Gasteiger partial charge in [-0.3, -0.25) is 4.79 Å². The molecule has 7 nitrogen and oxygen atoms in total. The normalized spacial score (nSPS) is 10.5. The summed E-state index contributed by atoms with van der Waals surface area (Å²) >= 11 is 5.75. The van der Waals surface area contributed by atoms with Gasteiger partial charge in [-0.15, -0.1) is 0 Å². The van der Waals surface area contributed by atoms with Gasteiger partial charge < -0.3 is 11.1 Å². The van der Waals surface area contributed by atoms with Crippen LogP contribution >= 0.6 is 11.6 Å². The summed E-state index contributed by atoms with van der Waals surface area (Å²) < 4.78 is 1.43. The lowest BCUT2D eigenvalue weighted by Crippen LogP contribution is -2.23. The molecule has 0 bridgehead atoms. The van der Waals surface area contributed by atoms with Crippen molar-refractivity contribution in [3.05, 3.63) is 17.5 Å². The van der Waals surface area contributed by atoms with E-state index < -0.39 is 5.91 Å². The van der Waals surface area contributed by atoms with Gasteiger partial charge in [0.05, 0.1) is 6.54 Å². The van der Waals surface area contributed by atoms with Crippen LogP contribution in [0.2, 0.25) is 5.15 Å². The number of fused-ring (bicyclic) bond motifs is 1. The van der Waals surface area contributed by atoms with Crippen LogP contribution in [0.1, 0.15) is 0 Å². The van der Waals surface area contributed by atoms with Crippen LogP contribution in [0.4, 0.5) is 5.82 Å². The Bertz CT molecular complexity index is 509. The zero-order valence-electron chi connectivity index (χ0n) is 7.51. The molecule has 2 rings (SSSR count). The summed E-state index contributed by atoms with van der Waals surface area (Å²) in [4.78, 5) is 18.4. The Balaban J connectivity index is 2.39. The Morgan fingerprint density at radius 1 is 1.67 bits per heavy atom. The molecule has 0 unspecified atom stereocenters. The minimum Gasteiger partial charge on any atom is -0.368 e. The molecule has 0 fully saturated rings. The van der Waals surface area contributed by atoms with Crippen LogP contribution < -0.4 is 11.1 Å². The number of hydrogen-bond donors (Lipinski definition) is 2. The maximum absolute atomic E-state index is 10.6. The average Bonchev–Trinajstić information content (AvgIpc) is 2.61. The summed E-state index contributed by atoms with van der Waals surface area (Å²) in [6, 6.07) is 1.53. The summed E-state index contributed by atoms with van der Waals surface area (Å²) in [7, 11) is 0. The highest BCUT2D eigenvalue weighted by Gasteiger charge is 2.06. The molecular formula is C7H7ClN6O. The lowest BCUT2D eigenvalue weighted by atomic mass is 10.5. The minimum absolute atomic E-state index is 0.00466. The van der Waals surface area contributed by atoms with Gasteiger partial charge in [-0.2, -0.15) is 19.6 Å². The molecule has 0 aliphatic heterocycles. The van der Waals surface area contributed by atoms with Crippen LogP contribution in [-0.2, 0) is 4.79 Å². The van der Waals surface area contributed by atoms with Crippen LogP contribution in [0.3, 0.4) is 0 Å². The van der Waals surface area contributed by atoms with Crippen molar-refractivity contribution in [1.29, 1.82) is 0 Å². The molecule has 2 heterocycles. The lowest BCUT2D eigenvalue weighted by molar-refractivity contribution is -0.116. The van der Waals surface area contributed by atoms with Gasteiger partial charge in [0.25, 0.3) is 5.78 Å². The largest absolute Gasteiger partial charge is 0.368 e. The first-order valence-electron chi connectivity index (χ1n) is 4.05. The molecule has 0 aliphatic rings. The van der Waals surface area contributed by atoms with E-state index in [0.717, 1.165) is 0 Å². The summed E-state index contributed by atoms with van der Waals surface area (Å²) in [6.45, 7) is -0.00466. The molecule has 2 aromatic heterocycles. The number of carbonyl (C=O) groups excluding carboxylic acids is 1. The summed E-state index contributed by atoms with van der Waals surface area (Å²) in [5.74, 6) is 0.395. The standard InChI is InChI=1S/C7H7ClN6O/c8-4-1-6(10-2-5(9)15)14-7(13-4)11-3-12-14/h1,3,10H,2H2,(H2,9,15). The molecule has 15 heavy (non-hydrogen) atoms. The lowest BCUT2D eigenvalue weighted by Gasteiger charge is -2.05. The van der Waals surface area contributed by atoms with Crippen molar-refractivity contribution in [3.8, 4) is 0 Å². The second-order valence-electron chi connectivity index (χ2n) is 2.76. The van der Waals surface area contributed by atoms with E-state index in [-0.39, 0.29) is 11.7 Å². The number of amides is 1. The molecule has 0 spiro atoms. The Hall–Kier alpha value is -1.89. The molecule has 0 saturated heterocycles. The van der Waals surface area contributed by atoms with E-state index in [9.17, 15) is 4.79 Å². The quantitative estimate of drug-likeness (QED) is 0.699. The first-order valence-corrected chi connectivity index (χ1v) is 4.43. The van der Waals surface area contributed by atoms with E-state index in [1.807, 2.05) is 0 Å². The van der Waals surface area contributed by atoms with Crippen LogP contribution in [0.15, 0.2) is 12.4 Å². The predicted octanol–water partition coefficient (Wildman–Crippen LogP) is -0.325. The van der Waals surface area contributed by atoms with Crippen molar-refractivity contribution in [2.45, 2.75) is 0 Å². The number of aromatic nitrogens is 4. The number of halogens is 1. The zero-order valence-corrected chi connectivity index (χ0v) is 8.27. The van der Waals surface area contributed by atoms with Crippen molar-refractivity contribution >= 4 is 29.1 Å². The molecule has 8 heteroatoms. The molecule has 0 aromatic carbocycles. The third-order valence-electron chi connectivity index (χ3n) is 1.66. The van der Waals surface area contributed by atoms with Crippen molar-refractivity contribution < 1.29 is 4.79 Å². The van der Waals surface area contributed by atoms with Crippen molar-refractivity contribution in [3.63, 3.8) is 0 Å². The van der Waals surface area contributed by atoms with Crippen LogP contribution in [-0.4, -0.2) is 32.0 Å². The predicted molar refractivity (Wildman–Crippen MR) is 53.5 cm³/mol. The molecule has 78 valence electrons. The second-order valence-corrected chi connectivity index (χ2v) is 3.14. The summed E-state index contributed by atoms with van der Waals surface area (Å²) in [5, 5.41) is 6.95. The van der Waals surface area contributed by atoms with Gasteiger partial charge in [0.15, 0.2) is 0 Å². The molecular weight excluding hydrogens is 220 g/mol. The van der Waals surface area contributed by atoms with E-state index in [1.165, 1.54) is 16.9 Å². The number of carbonyl (C=O) groups is 1. The smallest absolute Gasteiger partial charge is 0.255 e. The highest BCUT2D eigenvalue weighted by atomic mass is 35.5. The van der Waals surface area contributed by atoms with Crippen LogP contribution in [0.5, 0.6) is 0 Å². The van der Waals surface area contributed by atoms with E-state index in [2.05, 4.69) is 20.4 Å². The summed E-state index contributed by atoms with van der Waals surface area (Å²) in [5.41, 5.74) is 5.00. The van der Waals surface area contributed by atoms with Gasteiger partial charge in [0.1, 0.15) is 17.3 Å². The van der Waals surface area contributed by atoms with E-state index >= 15 is 0 Å². The average molecular weight is 227 g/mol. The Kier molecular flexibility index (Phi) is 2.38. The maximum Gasteiger partial charge on any atom is 0.255 e. The topological polar surface area (TPSA) is 98.2 Å². The van der Waals surface area contributed by atoms with Crippen molar-refractivity contribution in [1.82, 2.24) is 19.6 Å². The number of primary amides is 1. The third kappa shape index (κ3) is 1.96. The van der Waals surface area contributed by atoms with E-state index in [1.54, 1.807) is 0 Å². The molecule has 0 aliphatic carbocycles. The van der Waals surface area contributed by atoms with Crippen LogP contribution in [0, 0.1) is 0 Å². The number of nitrogens with one attached hydrogen (secondary N) is 1. The van der Waals surface area contributed by atoms with Crippen molar-refractivity contribution in [2.75, 3.05) is 11.9 Å². The van der Waals surface area contributed by atoms with Crippen molar-refractivity contribution in [2.24, 2.45) is 5.73 Å². The van der Waals surface area contributed by atoms with Gasteiger partial charge in [-0.1, -0.05) is 11.6 Å². The first kappa shape index (κ1) is 9.66.